The fourth-order valence-electron chi connectivity index (χ4n) is 1.47. The zero-order valence-electron chi connectivity index (χ0n) is 7.62. The molecule has 0 spiro atoms. The van der Waals surface area contributed by atoms with Gasteiger partial charge in [0, 0.05) is 24.0 Å². The number of nitrogen functional groups attached to an aromatic ring is 1. The Labute approximate surface area is 77.8 Å². The first-order valence-corrected chi connectivity index (χ1v) is 4.34. The lowest BCUT2D eigenvalue weighted by molar-refractivity contribution is 1.47. The van der Waals surface area contributed by atoms with Crippen molar-refractivity contribution in [1.82, 2.24) is 0 Å². The highest BCUT2D eigenvalue weighted by atomic mass is 14.7. The standard InChI is InChI=1S/C11H12N2/c1-8-5-10(7-13-8)9-3-2-4-11(12)6-9/h2-4,6-7H,5,12H2,1H3. The summed E-state index contributed by atoms with van der Waals surface area (Å²) < 4.78 is 0. The Morgan fingerprint density at radius 1 is 1.38 bits per heavy atom. The van der Waals surface area contributed by atoms with E-state index in [1.807, 2.05) is 31.3 Å². The molecule has 0 bridgehead atoms. The van der Waals surface area contributed by atoms with Crippen LogP contribution in [0.4, 0.5) is 5.69 Å². The lowest BCUT2D eigenvalue weighted by Crippen LogP contribution is -1.90. The number of anilines is 1. The van der Waals surface area contributed by atoms with Crippen molar-refractivity contribution in [1.29, 1.82) is 0 Å². The molecule has 0 radical (unpaired) electrons. The molecule has 1 aromatic carbocycles. The van der Waals surface area contributed by atoms with Crippen LogP contribution in [0.5, 0.6) is 0 Å². The van der Waals surface area contributed by atoms with Gasteiger partial charge in [-0.3, -0.25) is 4.99 Å². The van der Waals surface area contributed by atoms with Crippen LogP contribution in [0.1, 0.15) is 18.9 Å². The van der Waals surface area contributed by atoms with Crippen LogP contribution in [0.25, 0.3) is 5.57 Å². The molecule has 1 heterocycles. The van der Waals surface area contributed by atoms with E-state index < -0.39 is 0 Å². The summed E-state index contributed by atoms with van der Waals surface area (Å²) in [5.41, 5.74) is 10.1. The van der Waals surface area contributed by atoms with Crippen LogP contribution < -0.4 is 5.73 Å². The van der Waals surface area contributed by atoms with Gasteiger partial charge in [-0.25, -0.2) is 0 Å². The number of rotatable bonds is 1. The number of aliphatic imine (C=N–C) groups is 1. The third kappa shape index (κ3) is 1.61. The van der Waals surface area contributed by atoms with E-state index in [1.165, 1.54) is 11.1 Å². The largest absolute Gasteiger partial charge is 0.399 e. The van der Waals surface area contributed by atoms with E-state index in [0.29, 0.717) is 0 Å². The number of benzene rings is 1. The minimum atomic E-state index is 0.808. The Morgan fingerprint density at radius 2 is 2.23 bits per heavy atom. The summed E-state index contributed by atoms with van der Waals surface area (Å²) >= 11 is 0. The van der Waals surface area contributed by atoms with Gasteiger partial charge in [-0.05, 0) is 30.2 Å². The fraction of sp³-hybridized carbons (Fsp3) is 0.182. The van der Waals surface area contributed by atoms with Crippen LogP contribution in [-0.2, 0) is 0 Å². The molecule has 2 rings (SSSR count). The average Bonchev–Trinajstić information content (AvgIpc) is 2.52. The van der Waals surface area contributed by atoms with Gasteiger partial charge in [0.1, 0.15) is 0 Å². The summed E-state index contributed by atoms with van der Waals surface area (Å²) in [6.07, 6.45) is 2.87. The van der Waals surface area contributed by atoms with E-state index in [1.54, 1.807) is 0 Å². The summed E-state index contributed by atoms with van der Waals surface area (Å²) in [6, 6.07) is 7.92. The summed E-state index contributed by atoms with van der Waals surface area (Å²) in [4.78, 5) is 4.24. The number of nitrogens with zero attached hydrogens (tertiary/aromatic N) is 1. The Kier molecular flexibility index (Phi) is 1.89. The molecule has 0 atom stereocenters. The van der Waals surface area contributed by atoms with Crippen LogP contribution >= 0.6 is 0 Å². The second-order valence-electron chi connectivity index (χ2n) is 3.32. The highest BCUT2D eigenvalue weighted by molar-refractivity contribution is 5.96. The van der Waals surface area contributed by atoms with Gasteiger partial charge in [0.2, 0.25) is 0 Å². The molecule has 0 unspecified atom stereocenters. The van der Waals surface area contributed by atoms with Crippen molar-refractivity contribution in [3.05, 3.63) is 36.0 Å². The third-order valence-electron chi connectivity index (χ3n) is 2.14. The van der Waals surface area contributed by atoms with Gasteiger partial charge in [-0.15, -0.1) is 0 Å². The number of hydrogen-bond acceptors (Lipinski definition) is 2. The molecule has 2 nitrogen and oxygen atoms in total. The summed E-state index contributed by atoms with van der Waals surface area (Å²) in [5, 5.41) is 0. The SMILES string of the molecule is CC1=NC=C(c2cccc(N)c2)C1. The minimum absolute atomic E-state index is 0.808. The van der Waals surface area contributed by atoms with Crippen molar-refractivity contribution < 1.29 is 0 Å². The maximum absolute atomic E-state index is 5.70. The monoisotopic (exact) mass is 172 g/mol. The first kappa shape index (κ1) is 8.05. The Morgan fingerprint density at radius 3 is 2.85 bits per heavy atom. The van der Waals surface area contributed by atoms with Gasteiger partial charge in [-0.1, -0.05) is 12.1 Å². The molecule has 1 aliphatic heterocycles. The molecule has 1 aliphatic rings. The van der Waals surface area contributed by atoms with E-state index in [9.17, 15) is 0 Å². The molecule has 0 saturated carbocycles. The van der Waals surface area contributed by atoms with Crippen LogP contribution in [0.3, 0.4) is 0 Å². The topological polar surface area (TPSA) is 38.4 Å². The minimum Gasteiger partial charge on any atom is -0.399 e. The lowest BCUT2D eigenvalue weighted by atomic mass is 10.0. The third-order valence-corrected chi connectivity index (χ3v) is 2.14. The van der Waals surface area contributed by atoms with Gasteiger partial charge >= 0.3 is 0 Å². The quantitative estimate of drug-likeness (QED) is 0.649. The molecule has 0 saturated heterocycles. The van der Waals surface area contributed by atoms with Gasteiger partial charge < -0.3 is 5.73 Å². The molecule has 2 heteroatoms. The van der Waals surface area contributed by atoms with E-state index in [0.717, 1.165) is 17.8 Å². The molecular weight excluding hydrogens is 160 g/mol. The highest BCUT2D eigenvalue weighted by Crippen LogP contribution is 2.24. The molecule has 66 valence electrons. The maximum atomic E-state index is 5.70. The van der Waals surface area contributed by atoms with E-state index in [2.05, 4.69) is 11.1 Å². The zero-order valence-corrected chi connectivity index (χ0v) is 7.62. The predicted octanol–water partition coefficient (Wildman–Crippen LogP) is 2.47. The molecular formula is C11H12N2. The van der Waals surface area contributed by atoms with Crippen LogP contribution in [0, 0.1) is 0 Å². The van der Waals surface area contributed by atoms with Crippen LogP contribution in [0.15, 0.2) is 35.5 Å². The Balaban J connectivity index is 2.29. The van der Waals surface area contributed by atoms with Crippen molar-refractivity contribution in [3.8, 4) is 0 Å². The number of nitrogens with two attached hydrogens (primary N) is 1. The average molecular weight is 172 g/mol. The number of allylic oxidation sites excluding steroid dienone is 1. The maximum Gasteiger partial charge on any atom is 0.0320 e. The first-order chi connectivity index (χ1) is 6.25. The second-order valence-corrected chi connectivity index (χ2v) is 3.32. The molecule has 0 aromatic heterocycles. The first-order valence-electron chi connectivity index (χ1n) is 4.34. The summed E-state index contributed by atoms with van der Waals surface area (Å²) in [5.74, 6) is 0. The fourth-order valence-corrected chi connectivity index (χ4v) is 1.47. The van der Waals surface area contributed by atoms with E-state index >= 15 is 0 Å². The normalized spacial score (nSPS) is 15.5. The van der Waals surface area contributed by atoms with Crippen molar-refractivity contribution >= 4 is 17.0 Å². The second kappa shape index (κ2) is 3.05. The lowest BCUT2D eigenvalue weighted by Gasteiger charge is -2.02. The predicted molar refractivity (Wildman–Crippen MR) is 56.6 cm³/mol. The van der Waals surface area contributed by atoms with Gasteiger partial charge in [-0.2, -0.15) is 0 Å². The van der Waals surface area contributed by atoms with E-state index in [-0.39, 0.29) is 0 Å². The summed E-state index contributed by atoms with van der Waals surface area (Å²) in [6.45, 7) is 2.04. The highest BCUT2D eigenvalue weighted by Gasteiger charge is 2.07. The molecule has 1 aromatic rings. The van der Waals surface area contributed by atoms with Crippen molar-refractivity contribution in [2.24, 2.45) is 4.99 Å². The van der Waals surface area contributed by atoms with E-state index in [4.69, 9.17) is 5.73 Å². The smallest absolute Gasteiger partial charge is 0.0320 e. The summed E-state index contributed by atoms with van der Waals surface area (Å²) in [7, 11) is 0. The molecule has 13 heavy (non-hydrogen) atoms. The van der Waals surface area contributed by atoms with Gasteiger partial charge in [0.25, 0.3) is 0 Å². The van der Waals surface area contributed by atoms with Gasteiger partial charge in [0.05, 0.1) is 0 Å². The molecule has 0 fully saturated rings. The van der Waals surface area contributed by atoms with Crippen molar-refractivity contribution in [2.45, 2.75) is 13.3 Å². The molecule has 0 amide bonds. The molecule has 2 N–H and O–H groups in total. The number of hydrogen-bond donors (Lipinski definition) is 1. The Bertz CT molecular complexity index is 389. The molecule has 0 aliphatic carbocycles. The van der Waals surface area contributed by atoms with Crippen LogP contribution in [-0.4, -0.2) is 5.71 Å². The zero-order chi connectivity index (χ0) is 9.26. The van der Waals surface area contributed by atoms with Gasteiger partial charge in [0.15, 0.2) is 0 Å². The van der Waals surface area contributed by atoms with Crippen molar-refractivity contribution in [3.63, 3.8) is 0 Å². The van der Waals surface area contributed by atoms with Crippen LogP contribution in [0.2, 0.25) is 0 Å². The van der Waals surface area contributed by atoms with Crippen molar-refractivity contribution in [2.75, 3.05) is 5.73 Å². The Hall–Kier alpha value is -1.57.